The Morgan fingerprint density at radius 3 is 2.63 bits per heavy atom. The first-order valence-corrected chi connectivity index (χ1v) is 7.56. The Morgan fingerprint density at radius 2 is 2.05 bits per heavy atom. The molecule has 0 radical (unpaired) electrons. The Balaban J connectivity index is 2.20. The SMILES string of the molecule is O=C(NC1(CBr)CCCCC1)c1c(O)cccc1F. The van der Waals surface area contributed by atoms with Crippen LogP contribution in [-0.4, -0.2) is 21.9 Å². The number of amides is 1. The molecule has 19 heavy (non-hydrogen) atoms. The molecule has 5 heteroatoms. The molecular formula is C14H17BrFNO2. The molecule has 0 unspecified atom stereocenters. The van der Waals surface area contributed by atoms with E-state index in [1.807, 2.05) is 0 Å². The van der Waals surface area contributed by atoms with Crippen LogP contribution in [-0.2, 0) is 0 Å². The van der Waals surface area contributed by atoms with E-state index < -0.39 is 11.7 Å². The summed E-state index contributed by atoms with van der Waals surface area (Å²) in [7, 11) is 0. The van der Waals surface area contributed by atoms with Crippen LogP contribution in [0.5, 0.6) is 5.75 Å². The normalized spacial score (nSPS) is 18.0. The fourth-order valence-electron chi connectivity index (χ4n) is 2.56. The third-order valence-corrected chi connectivity index (χ3v) is 4.74. The monoisotopic (exact) mass is 329 g/mol. The molecule has 1 saturated carbocycles. The Hall–Kier alpha value is -1.10. The highest BCUT2D eigenvalue weighted by molar-refractivity contribution is 9.09. The van der Waals surface area contributed by atoms with E-state index in [1.54, 1.807) is 0 Å². The number of aromatic hydroxyl groups is 1. The molecule has 2 N–H and O–H groups in total. The summed E-state index contributed by atoms with van der Waals surface area (Å²) in [6, 6.07) is 3.87. The van der Waals surface area contributed by atoms with Gasteiger partial charge in [0.15, 0.2) is 0 Å². The lowest BCUT2D eigenvalue weighted by molar-refractivity contribution is 0.0879. The molecular weight excluding hydrogens is 313 g/mol. The van der Waals surface area contributed by atoms with Gasteiger partial charge in [-0.1, -0.05) is 41.3 Å². The maximum atomic E-state index is 13.7. The summed E-state index contributed by atoms with van der Waals surface area (Å²) in [5.41, 5.74) is -0.599. The highest BCUT2D eigenvalue weighted by Gasteiger charge is 2.33. The molecule has 0 heterocycles. The zero-order valence-corrected chi connectivity index (χ0v) is 12.2. The third-order valence-electron chi connectivity index (χ3n) is 3.66. The summed E-state index contributed by atoms with van der Waals surface area (Å²) >= 11 is 3.44. The van der Waals surface area contributed by atoms with Crippen LogP contribution >= 0.6 is 15.9 Å². The zero-order valence-electron chi connectivity index (χ0n) is 10.6. The van der Waals surface area contributed by atoms with Crippen LogP contribution in [0.4, 0.5) is 4.39 Å². The highest BCUT2D eigenvalue weighted by atomic mass is 79.9. The van der Waals surface area contributed by atoms with Crippen molar-refractivity contribution in [1.82, 2.24) is 5.32 Å². The summed E-state index contributed by atoms with van der Waals surface area (Å²) in [6.07, 6.45) is 5.01. The first-order chi connectivity index (χ1) is 9.08. The fourth-order valence-corrected chi connectivity index (χ4v) is 3.26. The number of rotatable bonds is 3. The number of hydrogen-bond acceptors (Lipinski definition) is 2. The van der Waals surface area contributed by atoms with Gasteiger partial charge in [0.2, 0.25) is 0 Å². The van der Waals surface area contributed by atoms with Crippen LogP contribution in [0.25, 0.3) is 0 Å². The molecule has 0 atom stereocenters. The van der Waals surface area contributed by atoms with Gasteiger partial charge in [0, 0.05) is 5.33 Å². The first-order valence-electron chi connectivity index (χ1n) is 6.44. The van der Waals surface area contributed by atoms with Gasteiger partial charge in [-0.15, -0.1) is 0 Å². The molecule has 0 aliphatic heterocycles. The molecule has 1 aliphatic carbocycles. The molecule has 1 fully saturated rings. The Morgan fingerprint density at radius 1 is 1.37 bits per heavy atom. The lowest BCUT2D eigenvalue weighted by Gasteiger charge is -2.36. The van der Waals surface area contributed by atoms with Crippen molar-refractivity contribution in [2.45, 2.75) is 37.6 Å². The maximum Gasteiger partial charge on any atom is 0.258 e. The van der Waals surface area contributed by atoms with E-state index in [0.717, 1.165) is 32.1 Å². The van der Waals surface area contributed by atoms with Crippen molar-refractivity contribution in [3.05, 3.63) is 29.6 Å². The second-order valence-electron chi connectivity index (χ2n) is 5.06. The molecule has 1 aromatic rings. The van der Waals surface area contributed by atoms with Crippen LogP contribution in [0.15, 0.2) is 18.2 Å². The van der Waals surface area contributed by atoms with Crippen molar-refractivity contribution >= 4 is 21.8 Å². The lowest BCUT2D eigenvalue weighted by atomic mass is 9.83. The van der Waals surface area contributed by atoms with Crippen molar-refractivity contribution in [2.24, 2.45) is 0 Å². The van der Waals surface area contributed by atoms with E-state index in [9.17, 15) is 14.3 Å². The van der Waals surface area contributed by atoms with Gasteiger partial charge in [-0.2, -0.15) is 0 Å². The van der Waals surface area contributed by atoms with E-state index in [0.29, 0.717) is 5.33 Å². The molecule has 0 spiro atoms. The topological polar surface area (TPSA) is 49.3 Å². The van der Waals surface area contributed by atoms with Crippen molar-refractivity contribution in [3.63, 3.8) is 0 Å². The summed E-state index contributed by atoms with van der Waals surface area (Å²) < 4.78 is 13.7. The summed E-state index contributed by atoms with van der Waals surface area (Å²) in [6.45, 7) is 0. The molecule has 1 amide bonds. The maximum absolute atomic E-state index is 13.7. The number of alkyl halides is 1. The highest BCUT2D eigenvalue weighted by Crippen LogP contribution is 2.31. The number of halogens is 2. The number of benzene rings is 1. The van der Waals surface area contributed by atoms with Crippen molar-refractivity contribution < 1.29 is 14.3 Å². The minimum Gasteiger partial charge on any atom is -0.507 e. The lowest BCUT2D eigenvalue weighted by Crippen LogP contribution is -2.51. The van der Waals surface area contributed by atoms with Gasteiger partial charge in [0.1, 0.15) is 17.1 Å². The van der Waals surface area contributed by atoms with Gasteiger partial charge >= 0.3 is 0 Å². The molecule has 0 saturated heterocycles. The van der Waals surface area contributed by atoms with Gasteiger partial charge < -0.3 is 10.4 Å². The molecule has 0 aromatic heterocycles. The average Bonchev–Trinajstić information content (AvgIpc) is 2.39. The molecule has 104 valence electrons. The minimum atomic E-state index is -0.696. The Labute approximate surface area is 120 Å². The standard InChI is InChI=1S/C14H17BrFNO2/c15-9-14(7-2-1-3-8-14)17-13(19)12-10(16)5-4-6-11(12)18/h4-6,18H,1-3,7-9H2,(H,17,19). The fraction of sp³-hybridized carbons (Fsp3) is 0.500. The Bertz CT molecular complexity index is 452. The minimum absolute atomic E-state index is 0.270. The van der Waals surface area contributed by atoms with Gasteiger partial charge in [0.25, 0.3) is 5.91 Å². The van der Waals surface area contributed by atoms with E-state index in [-0.39, 0.29) is 16.9 Å². The van der Waals surface area contributed by atoms with Crippen LogP contribution in [0.3, 0.4) is 0 Å². The number of hydrogen-bond donors (Lipinski definition) is 2. The van der Waals surface area contributed by atoms with Crippen LogP contribution < -0.4 is 5.32 Å². The molecule has 0 bridgehead atoms. The summed E-state index contributed by atoms with van der Waals surface area (Å²) in [5, 5.41) is 13.2. The van der Waals surface area contributed by atoms with Crippen molar-refractivity contribution in [2.75, 3.05) is 5.33 Å². The number of carbonyl (C=O) groups is 1. The summed E-state index contributed by atoms with van der Waals surface area (Å²) in [4.78, 5) is 12.2. The smallest absolute Gasteiger partial charge is 0.258 e. The number of phenolic OH excluding ortho intramolecular Hbond substituents is 1. The summed E-state index contributed by atoms with van der Waals surface area (Å²) in [5.74, 6) is -1.56. The number of phenols is 1. The molecule has 1 aromatic carbocycles. The number of nitrogens with one attached hydrogen (secondary N) is 1. The van der Waals surface area contributed by atoms with E-state index in [2.05, 4.69) is 21.2 Å². The van der Waals surface area contributed by atoms with Crippen molar-refractivity contribution in [3.8, 4) is 5.75 Å². The number of carbonyl (C=O) groups excluding carboxylic acids is 1. The Kier molecular flexibility index (Phi) is 4.45. The van der Waals surface area contributed by atoms with E-state index in [1.165, 1.54) is 18.2 Å². The predicted octanol–water partition coefficient (Wildman–Crippen LogP) is 3.36. The van der Waals surface area contributed by atoms with Gasteiger partial charge in [-0.25, -0.2) is 4.39 Å². The van der Waals surface area contributed by atoms with E-state index in [4.69, 9.17) is 0 Å². The van der Waals surface area contributed by atoms with Gasteiger partial charge in [-0.05, 0) is 25.0 Å². The second-order valence-corrected chi connectivity index (χ2v) is 5.62. The third kappa shape index (κ3) is 3.08. The molecule has 1 aliphatic rings. The van der Waals surface area contributed by atoms with Crippen LogP contribution in [0.2, 0.25) is 0 Å². The van der Waals surface area contributed by atoms with Crippen LogP contribution in [0.1, 0.15) is 42.5 Å². The van der Waals surface area contributed by atoms with Gasteiger partial charge in [0.05, 0.1) is 5.54 Å². The average molecular weight is 330 g/mol. The quantitative estimate of drug-likeness (QED) is 0.835. The molecule has 3 nitrogen and oxygen atoms in total. The van der Waals surface area contributed by atoms with Crippen molar-refractivity contribution in [1.29, 1.82) is 0 Å². The first kappa shape index (κ1) is 14.3. The largest absolute Gasteiger partial charge is 0.507 e. The molecule has 2 rings (SSSR count). The second kappa shape index (κ2) is 5.90. The zero-order chi connectivity index (χ0) is 13.9. The van der Waals surface area contributed by atoms with E-state index >= 15 is 0 Å². The van der Waals surface area contributed by atoms with Crippen LogP contribution in [0, 0.1) is 5.82 Å². The van der Waals surface area contributed by atoms with Gasteiger partial charge in [-0.3, -0.25) is 4.79 Å². The predicted molar refractivity (Wildman–Crippen MR) is 75.1 cm³/mol.